The Balaban J connectivity index is 1.60. The van der Waals surface area contributed by atoms with E-state index in [1.165, 1.54) is 7.11 Å². The first-order valence-corrected chi connectivity index (χ1v) is 10.1. The zero-order valence-corrected chi connectivity index (χ0v) is 16.9. The lowest BCUT2D eigenvalue weighted by atomic mass is 9.68. The van der Waals surface area contributed by atoms with Crippen molar-refractivity contribution in [2.75, 3.05) is 27.4 Å². The van der Waals surface area contributed by atoms with E-state index in [-0.39, 0.29) is 5.97 Å². The maximum absolute atomic E-state index is 12.4. The largest absolute Gasteiger partial charge is 0.479 e. The van der Waals surface area contributed by atoms with Gasteiger partial charge in [0.1, 0.15) is 11.8 Å². The van der Waals surface area contributed by atoms with Crippen LogP contribution in [0.4, 0.5) is 4.79 Å². The molecule has 28 heavy (non-hydrogen) atoms. The fourth-order valence-electron chi connectivity index (χ4n) is 4.64. The van der Waals surface area contributed by atoms with Crippen LogP contribution in [-0.2, 0) is 20.7 Å². The van der Waals surface area contributed by atoms with Crippen LogP contribution in [0.3, 0.4) is 0 Å². The molecule has 2 fully saturated rings. The van der Waals surface area contributed by atoms with E-state index in [2.05, 4.69) is 5.16 Å². The third-order valence-electron chi connectivity index (χ3n) is 6.10. The molecule has 1 aromatic heterocycles. The Labute approximate surface area is 165 Å². The summed E-state index contributed by atoms with van der Waals surface area (Å²) in [5.41, 5.74) is 0. The number of ether oxygens (including phenoxy) is 3. The van der Waals surface area contributed by atoms with Crippen LogP contribution in [0.15, 0.2) is 10.6 Å². The molecule has 2 heterocycles. The molecule has 1 amide bonds. The van der Waals surface area contributed by atoms with Crippen molar-refractivity contribution in [3.63, 3.8) is 0 Å². The van der Waals surface area contributed by atoms with Crippen LogP contribution in [0.2, 0.25) is 0 Å². The predicted molar refractivity (Wildman–Crippen MR) is 99.8 cm³/mol. The molecule has 1 saturated heterocycles. The second kappa shape index (κ2) is 9.30. The zero-order chi connectivity index (χ0) is 20.1. The molecular formula is C20H30N2O6. The van der Waals surface area contributed by atoms with Crippen LogP contribution in [0.1, 0.15) is 44.8 Å². The van der Waals surface area contributed by atoms with Crippen molar-refractivity contribution in [3.8, 4) is 5.88 Å². The van der Waals surface area contributed by atoms with Crippen LogP contribution in [0.5, 0.6) is 5.88 Å². The number of fused-ring (bicyclic) bond motifs is 1. The monoisotopic (exact) mass is 394 g/mol. The first-order valence-electron chi connectivity index (χ1n) is 10.1. The van der Waals surface area contributed by atoms with Gasteiger partial charge >= 0.3 is 12.1 Å². The predicted octanol–water partition coefficient (Wildman–Crippen LogP) is 3.05. The molecule has 3 rings (SSSR count). The Morgan fingerprint density at radius 2 is 2.07 bits per heavy atom. The normalized spacial score (nSPS) is 27.0. The molecule has 0 radical (unpaired) electrons. The number of carbonyl (C=O) groups excluding carboxylic acids is 2. The summed E-state index contributed by atoms with van der Waals surface area (Å²) in [5, 5.41) is 3.85. The highest BCUT2D eigenvalue weighted by Gasteiger charge is 2.44. The number of piperidine rings is 1. The van der Waals surface area contributed by atoms with Gasteiger partial charge in [0.25, 0.3) is 5.88 Å². The van der Waals surface area contributed by atoms with Gasteiger partial charge in [-0.2, -0.15) is 0 Å². The molecule has 0 spiro atoms. The Morgan fingerprint density at radius 3 is 2.75 bits per heavy atom. The second-order valence-corrected chi connectivity index (χ2v) is 7.70. The zero-order valence-electron chi connectivity index (χ0n) is 16.9. The third kappa shape index (κ3) is 4.59. The molecule has 1 aliphatic carbocycles. The van der Waals surface area contributed by atoms with Crippen molar-refractivity contribution in [1.29, 1.82) is 0 Å². The van der Waals surface area contributed by atoms with Gasteiger partial charge in [-0.25, -0.2) is 9.59 Å². The average Bonchev–Trinajstić information content (AvgIpc) is 3.18. The third-order valence-corrected chi connectivity index (χ3v) is 6.10. The van der Waals surface area contributed by atoms with E-state index in [0.29, 0.717) is 43.2 Å². The molecule has 1 aliphatic heterocycles. The van der Waals surface area contributed by atoms with E-state index >= 15 is 0 Å². The number of nitrogens with zero attached hydrogens (tertiary/aromatic N) is 2. The van der Waals surface area contributed by atoms with E-state index in [1.807, 2.05) is 6.07 Å². The molecular weight excluding hydrogens is 364 g/mol. The molecule has 0 bridgehead atoms. The van der Waals surface area contributed by atoms with Crippen LogP contribution < -0.4 is 4.74 Å². The number of methoxy groups -OCH3 is 2. The highest BCUT2D eigenvalue weighted by Crippen LogP contribution is 2.42. The lowest BCUT2D eigenvalue weighted by Gasteiger charge is -2.46. The topological polar surface area (TPSA) is 91.1 Å². The maximum Gasteiger partial charge on any atom is 0.410 e. The van der Waals surface area contributed by atoms with Gasteiger partial charge in [0, 0.05) is 19.0 Å². The summed E-state index contributed by atoms with van der Waals surface area (Å²) in [6.45, 7) is 2.65. The number of esters is 1. The van der Waals surface area contributed by atoms with Gasteiger partial charge < -0.3 is 18.7 Å². The van der Waals surface area contributed by atoms with Gasteiger partial charge in [-0.05, 0) is 55.5 Å². The minimum absolute atomic E-state index is 0.307. The SMILES string of the molecule is CCOC(=O)C1CC2CC(CCc3cc(OC)no3)CCC2CN1C(=O)OC. The quantitative estimate of drug-likeness (QED) is 0.685. The number of rotatable bonds is 6. The van der Waals surface area contributed by atoms with Gasteiger partial charge in [-0.3, -0.25) is 4.90 Å². The first-order chi connectivity index (χ1) is 13.5. The number of likely N-dealkylation sites (tertiary alicyclic amines) is 1. The molecule has 8 nitrogen and oxygen atoms in total. The Hall–Kier alpha value is -2.25. The van der Waals surface area contributed by atoms with E-state index in [4.69, 9.17) is 18.7 Å². The summed E-state index contributed by atoms with van der Waals surface area (Å²) < 4.78 is 20.5. The molecule has 0 aromatic carbocycles. The van der Waals surface area contributed by atoms with Crippen LogP contribution in [0, 0.1) is 17.8 Å². The molecule has 8 heteroatoms. The average molecular weight is 394 g/mol. The van der Waals surface area contributed by atoms with Crippen LogP contribution >= 0.6 is 0 Å². The summed E-state index contributed by atoms with van der Waals surface area (Å²) in [6, 6.07) is 1.28. The first kappa shape index (κ1) is 20.5. The second-order valence-electron chi connectivity index (χ2n) is 7.70. The van der Waals surface area contributed by atoms with Crippen LogP contribution in [0.25, 0.3) is 0 Å². The van der Waals surface area contributed by atoms with Crippen LogP contribution in [-0.4, -0.2) is 55.5 Å². The molecule has 4 atom stereocenters. The van der Waals surface area contributed by atoms with Crippen molar-refractivity contribution in [3.05, 3.63) is 11.8 Å². The number of amides is 1. The van der Waals surface area contributed by atoms with Gasteiger partial charge in [-0.15, -0.1) is 0 Å². The van der Waals surface area contributed by atoms with Crippen molar-refractivity contribution in [1.82, 2.24) is 10.1 Å². The number of hydrogen-bond acceptors (Lipinski definition) is 7. The van der Waals surface area contributed by atoms with Crippen molar-refractivity contribution in [2.24, 2.45) is 17.8 Å². The minimum Gasteiger partial charge on any atom is -0.479 e. The standard InChI is InChI=1S/C20H30N2O6/c1-4-27-19(23)17-10-15-9-13(6-8-16-11-18(25-2)21-28-16)5-7-14(15)12-22(17)20(24)26-3/h11,13-15,17H,4-10,12H2,1-3H3. The lowest BCUT2D eigenvalue weighted by molar-refractivity contribution is -0.152. The van der Waals surface area contributed by atoms with E-state index in [1.54, 1.807) is 18.9 Å². The van der Waals surface area contributed by atoms with Crippen molar-refractivity contribution >= 4 is 12.1 Å². The van der Waals surface area contributed by atoms with Gasteiger partial charge in [0.15, 0.2) is 0 Å². The number of aryl methyl sites for hydroxylation is 1. The Morgan fingerprint density at radius 1 is 1.25 bits per heavy atom. The number of aromatic nitrogens is 1. The van der Waals surface area contributed by atoms with Gasteiger partial charge in [0.05, 0.1) is 20.8 Å². The van der Waals surface area contributed by atoms with Gasteiger partial charge in [0.2, 0.25) is 0 Å². The van der Waals surface area contributed by atoms with E-state index < -0.39 is 12.1 Å². The fourth-order valence-corrected chi connectivity index (χ4v) is 4.64. The molecule has 1 saturated carbocycles. The molecule has 0 N–H and O–H groups in total. The van der Waals surface area contributed by atoms with Crippen molar-refractivity contribution in [2.45, 2.75) is 51.5 Å². The Bertz CT molecular complexity index is 675. The molecule has 4 unspecified atom stereocenters. The Kier molecular flexibility index (Phi) is 6.80. The summed E-state index contributed by atoms with van der Waals surface area (Å²) in [6.07, 6.45) is 5.27. The molecule has 156 valence electrons. The maximum atomic E-state index is 12.4. The summed E-state index contributed by atoms with van der Waals surface area (Å²) in [5.74, 6) is 2.41. The summed E-state index contributed by atoms with van der Waals surface area (Å²) in [7, 11) is 2.93. The highest BCUT2D eigenvalue weighted by atomic mass is 16.6. The summed E-state index contributed by atoms with van der Waals surface area (Å²) in [4.78, 5) is 26.2. The van der Waals surface area contributed by atoms with Crippen molar-refractivity contribution < 1.29 is 28.3 Å². The molecule has 1 aromatic rings. The number of hydrogen-bond donors (Lipinski definition) is 0. The summed E-state index contributed by atoms with van der Waals surface area (Å²) >= 11 is 0. The van der Waals surface area contributed by atoms with Gasteiger partial charge in [-0.1, -0.05) is 6.42 Å². The minimum atomic E-state index is -0.550. The lowest BCUT2D eigenvalue weighted by Crippen LogP contribution is -2.55. The highest BCUT2D eigenvalue weighted by molar-refractivity contribution is 5.81. The number of carbonyl (C=O) groups is 2. The smallest absolute Gasteiger partial charge is 0.410 e. The molecule has 2 aliphatic rings. The van der Waals surface area contributed by atoms with E-state index in [0.717, 1.165) is 37.9 Å². The fraction of sp³-hybridized carbons (Fsp3) is 0.750. The van der Waals surface area contributed by atoms with E-state index in [9.17, 15) is 9.59 Å².